The van der Waals surface area contributed by atoms with Gasteiger partial charge in [0.15, 0.2) is 0 Å². The lowest BCUT2D eigenvalue weighted by atomic mass is 10.2. The Bertz CT molecular complexity index is 314. The minimum absolute atomic E-state index is 0.131. The molecule has 69 valence electrons. The van der Waals surface area contributed by atoms with Crippen molar-refractivity contribution in [2.24, 2.45) is 0 Å². The van der Waals surface area contributed by atoms with Gasteiger partial charge in [-0.25, -0.2) is 4.84 Å². The number of hydrogen-bond donors (Lipinski definition) is 1. The topological polar surface area (TPSA) is 62.7 Å². The number of rotatable bonds is 2. The summed E-state index contributed by atoms with van der Waals surface area (Å²) >= 11 is 0. The number of nitrogens with zero attached hydrogens (tertiary/aromatic N) is 2. The molecule has 0 aliphatic carbocycles. The van der Waals surface area contributed by atoms with Crippen LogP contribution in [-0.2, 0) is 4.84 Å². The van der Waals surface area contributed by atoms with Gasteiger partial charge in [-0.05, 0) is 19.1 Å². The number of hydroxylamine groups is 2. The van der Waals surface area contributed by atoms with Crippen LogP contribution < -0.4 is 0 Å². The zero-order valence-electron chi connectivity index (χ0n) is 7.10. The second-order valence-corrected chi connectivity index (χ2v) is 2.26. The molecule has 1 radical (unpaired) electrons. The Balaban J connectivity index is 2.95. The number of pyridine rings is 1. The van der Waals surface area contributed by atoms with Crippen LogP contribution in [0.2, 0.25) is 0 Å². The summed E-state index contributed by atoms with van der Waals surface area (Å²) in [7, 11) is 1.18. The molecule has 1 N–H and O–H groups in total. The first-order chi connectivity index (χ1) is 6.16. The molecule has 1 heterocycles. The van der Waals surface area contributed by atoms with Crippen LogP contribution in [0.3, 0.4) is 0 Å². The van der Waals surface area contributed by atoms with Crippen LogP contribution in [0.25, 0.3) is 0 Å². The lowest BCUT2D eigenvalue weighted by Crippen LogP contribution is -2.26. The molecule has 0 spiro atoms. The van der Waals surface area contributed by atoms with Crippen molar-refractivity contribution >= 4 is 5.91 Å². The maximum Gasteiger partial charge on any atom is 0.305 e. The summed E-state index contributed by atoms with van der Waals surface area (Å²) in [4.78, 5) is 19.4. The highest BCUT2D eigenvalue weighted by atomic mass is 16.9. The van der Waals surface area contributed by atoms with E-state index < -0.39 is 5.91 Å². The number of amides is 1. The van der Waals surface area contributed by atoms with Gasteiger partial charge < -0.3 is 0 Å². The lowest BCUT2D eigenvalue weighted by molar-refractivity contribution is -0.280. The van der Waals surface area contributed by atoms with Gasteiger partial charge >= 0.3 is 5.91 Å². The highest BCUT2D eigenvalue weighted by molar-refractivity contribution is 5.93. The molecule has 0 aliphatic rings. The molecule has 0 bridgehead atoms. The van der Waals surface area contributed by atoms with E-state index in [0.29, 0.717) is 5.69 Å². The van der Waals surface area contributed by atoms with E-state index in [4.69, 9.17) is 5.21 Å². The second kappa shape index (κ2) is 3.97. The molecule has 1 aromatic heterocycles. The third-order valence-electron chi connectivity index (χ3n) is 1.47. The van der Waals surface area contributed by atoms with Crippen molar-refractivity contribution < 1.29 is 14.8 Å². The van der Waals surface area contributed by atoms with Crippen molar-refractivity contribution in [3.8, 4) is 0 Å². The van der Waals surface area contributed by atoms with E-state index in [1.54, 1.807) is 6.07 Å². The Kier molecular flexibility index (Phi) is 2.94. The molecule has 1 rings (SSSR count). The zero-order chi connectivity index (χ0) is 9.84. The van der Waals surface area contributed by atoms with E-state index in [1.165, 1.54) is 19.4 Å². The van der Waals surface area contributed by atoms with Gasteiger partial charge in [-0.2, -0.15) is 0 Å². The van der Waals surface area contributed by atoms with Gasteiger partial charge in [-0.1, -0.05) is 5.23 Å². The summed E-state index contributed by atoms with van der Waals surface area (Å²) in [6.07, 6.45) is 1.51. The second-order valence-electron chi connectivity index (χ2n) is 2.26. The van der Waals surface area contributed by atoms with Crippen LogP contribution in [0, 0.1) is 6.92 Å². The molecule has 0 atom stereocenters. The van der Waals surface area contributed by atoms with Crippen LogP contribution in [0.5, 0.6) is 0 Å². The zero-order valence-corrected chi connectivity index (χ0v) is 7.10. The lowest BCUT2D eigenvalue weighted by Gasteiger charge is -2.11. The van der Waals surface area contributed by atoms with Crippen LogP contribution in [-0.4, -0.2) is 28.4 Å². The molecule has 0 saturated carbocycles. The first-order valence-corrected chi connectivity index (χ1v) is 3.51. The Hall–Kier alpha value is -1.46. The van der Waals surface area contributed by atoms with Crippen molar-refractivity contribution in [3.05, 3.63) is 36.5 Å². The molecule has 13 heavy (non-hydrogen) atoms. The van der Waals surface area contributed by atoms with Crippen LogP contribution >= 0.6 is 0 Å². The largest absolute Gasteiger partial charge is 0.305 e. The van der Waals surface area contributed by atoms with Crippen molar-refractivity contribution in [1.82, 2.24) is 10.2 Å². The van der Waals surface area contributed by atoms with Gasteiger partial charge in [-0.3, -0.25) is 15.0 Å². The Morgan fingerprint density at radius 2 is 2.46 bits per heavy atom. The van der Waals surface area contributed by atoms with E-state index in [9.17, 15) is 4.79 Å². The smallest absolute Gasteiger partial charge is 0.264 e. The number of hydrogen-bond acceptors (Lipinski definition) is 4. The highest BCUT2D eigenvalue weighted by Crippen LogP contribution is 2.06. The predicted octanol–water partition coefficient (Wildman–Crippen LogP) is 0.657. The normalized spacial score (nSPS) is 9.77. The van der Waals surface area contributed by atoms with Crippen LogP contribution in [0.4, 0.5) is 0 Å². The summed E-state index contributed by atoms with van der Waals surface area (Å²) in [5.41, 5.74) is 0.496. The van der Waals surface area contributed by atoms with E-state index in [0.717, 1.165) is 0 Å². The van der Waals surface area contributed by atoms with Gasteiger partial charge in [0.25, 0.3) is 0 Å². The third kappa shape index (κ3) is 2.01. The quantitative estimate of drug-likeness (QED) is 0.537. The first kappa shape index (κ1) is 9.63. The van der Waals surface area contributed by atoms with Gasteiger partial charge in [-0.15, -0.1) is 0 Å². The molecular weight excluding hydrogens is 172 g/mol. The fourth-order valence-corrected chi connectivity index (χ4v) is 0.819. The Morgan fingerprint density at radius 1 is 1.77 bits per heavy atom. The molecule has 5 heteroatoms. The highest BCUT2D eigenvalue weighted by Gasteiger charge is 2.15. The van der Waals surface area contributed by atoms with Crippen molar-refractivity contribution in [2.75, 3.05) is 7.11 Å². The van der Waals surface area contributed by atoms with Crippen molar-refractivity contribution in [3.63, 3.8) is 0 Å². The molecule has 0 aromatic carbocycles. The van der Waals surface area contributed by atoms with Crippen molar-refractivity contribution in [2.45, 2.75) is 0 Å². The van der Waals surface area contributed by atoms with E-state index >= 15 is 0 Å². The molecule has 0 unspecified atom stereocenters. The number of carbonyl (C=O) groups is 1. The minimum atomic E-state index is -0.694. The summed E-state index contributed by atoms with van der Waals surface area (Å²) in [6.45, 7) is 3.53. The number of carbonyl (C=O) groups excluding carboxylic acids is 1. The fourth-order valence-electron chi connectivity index (χ4n) is 0.819. The van der Waals surface area contributed by atoms with E-state index in [1.807, 2.05) is 0 Å². The summed E-state index contributed by atoms with van der Waals surface area (Å²) in [5.74, 6) is -0.694. The van der Waals surface area contributed by atoms with Crippen LogP contribution in [0.1, 0.15) is 16.1 Å². The molecule has 0 aliphatic heterocycles. The molecule has 1 aromatic rings. The Morgan fingerprint density at radius 3 is 3.00 bits per heavy atom. The van der Waals surface area contributed by atoms with Crippen molar-refractivity contribution in [1.29, 1.82) is 0 Å². The number of aromatic nitrogens is 1. The molecular formula is C8H9N2O3. The van der Waals surface area contributed by atoms with Gasteiger partial charge in [0, 0.05) is 6.20 Å². The SMILES string of the molecule is [CH2]c1ncccc1C(=O)N(O)OC. The molecule has 0 fully saturated rings. The molecule has 0 saturated heterocycles. The van der Waals surface area contributed by atoms with E-state index in [-0.39, 0.29) is 10.8 Å². The Labute approximate surface area is 75.5 Å². The molecule has 1 amide bonds. The average molecular weight is 181 g/mol. The summed E-state index contributed by atoms with van der Waals surface area (Å²) in [5, 5.41) is 9.04. The first-order valence-electron chi connectivity index (χ1n) is 3.51. The van der Waals surface area contributed by atoms with E-state index in [2.05, 4.69) is 16.7 Å². The predicted molar refractivity (Wildman–Crippen MR) is 43.7 cm³/mol. The average Bonchev–Trinajstić information content (AvgIpc) is 2.16. The van der Waals surface area contributed by atoms with Crippen LogP contribution in [0.15, 0.2) is 18.3 Å². The van der Waals surface area contributed by atoms with Gasteiger partial charge in [0.2, 0.25) is 0 Å². The van der Waals surface area contributed by atoms with Gasteiger partial charge in [0.1, 0.15) is 0 Å². The van der Waals surface area contributed by atoms with Gasteiger partial charge in [0.05, 0.1) is 18.4 Å². The summed E-state index contributed by atoms with van der Waals surface area (Å²) in [6, 6.07) is 3.07. The maximum absolute atomic E-state index is 11.3. The monoisotopic (exact) mass is 181 g/mol. The standard InChI is InChI=1S/C8H9N2O3/c1-6-7(4-3-5-9-6)8(11)10(12)13-2/h3-5,12H,1H2,2H3. The maximum atomic E-state index is 11.3. The third-order valence-corrected chi connectivity index (χ3v) is 1.47. The fraction of sp³-hybridized carbons (Fsp3) is 0.125. The summed E-state index contributed by atoms with van der Waals surface area (Å²) < 4.78 is 0. The molecule has 5 nitrogen and oxygen atoms in total. The minimum Gasteiger partial charge on any atom is -0.264 e.